The van der Waals surface area contributed by atoms with Crippen molar-refractivity contribution in [1.29, 1.82) is 0 Å². The predicted molar refractivity (Wildman–Crippen MR) is 109 cm³/mol. The van der Waals surface area contributed by atoms with Crippen LogP contribution in [0.2, 0.25) is 0 Å². The molecule has 28 heavy (non-hydrogen) atoms. The van der Waals surface area contributed by atoms with Crippen molar-refractivity contribution in [2.24, 2.45) is 0 Å². The predicted octanol–water partition coefficient (Wildman–Crippen LogP) is 4.21. The number of nitrogens with one attached hydrogen (secondary N) is 1. The zero-order valence-corrected chi connectivity index (χ0v) is 17.5. The van der Waals surface area contributed by atoms with E-state index in [9.17, 15) is 9.59 Å². The van der Waals surface area contributed by atoms with Gasteiger partial charge in [-0.2, -0.15) is 0 Å². The van der Waals surface area contributed by atoms with E-state index in [4.69, 9.17) is 4.42 Å². The summed E-state index contributed by atoms with van der Waals surface area (Å²) in [7, 11) is 0. The smallest absolute Gasteiger partial charge is 0.273 e. The van der Waals surface area contributed by atoms with Crippen molar-refractivity contribution >= 4 is 11.8 Å². The fourth-order valence-electron chi connectivity index (χ4n) is 2.82. The van der Waals surface area contributed by atoms with Crippen LogP contribution < -0.4 is 5.32 Å². The Morgan fingerprint density at radius 1 is 1.14 bits per heavy atom. The number of hydrogen-bond donors (Lipinski definition) is 1. The molecule has 2 amide bonds. The molecule has 0 aliphatic heterocycles. The summed E-state index contributed by atoms with van der Waals surface area (Å²) in [5.74, 6) is -0.0194. The fraction of sp³-hybridized carbons (Fsp3) is 0.500. The molecule has 0 aliphatic rings. The number of hydrogen-bond acceptors (Lipinski definition) is 4. The maximum Gasteiger partial charge on any atom is 0.273 e. The normalized spacial score (nSPS) is 11.1. The molecule has 6 heteroatoms. The van der Waals surface area contributed by atoms with E-state index >= 15 is 0 Å². The van der Waals surface area contributed by atoms with Crippen molar-refractivity contribution in [1.82, 2.24) is 15.2 Å². The number of oxazole rings is 1. The van der Waals surface area contributed by atoms with Crippen LogP contribution in [0.5, 0.6) is 0 Å². The minimum atomic E-state index is -0.282. The maximum atomic E-state index is 13.0. The van der Waals surface area contributed by atoms with E-state index in [2.05, 4.69) is 17.2 Å². The van der Waals surface area contributed by atoms with Crippen LogP contribution in [0.1, 0.15) is 79.8 Å². The third kappa shape index (κ3) is 5.94. The Hall–Kier alpha value is -2.63. The first-order valence-corrected chi connectivity index (χ1v) is 9.97. The molecule has 0 radical (unpaired) electrons. The number of benzene rings is 1. The summed E-state index contributed by atoms with van der Waals surface area (Å²) in [6, 6.07) is 7.76. The highest BCUT2D eigenvalue weighted by molar-refractivity contribution is 5.94. The number of unbranched alkanes of at least 4 members (excludes halogenated alkanes) is 1. The topological polar surface area (TPSA) is 75.4 Å². The second-order valence-corrected chi connectivity index (χ2v) is 7.58. The van der Waals surface area contributed by atoms with Crippen molar-refractivity contribution in [3.05, 3.63) is 53.2 Å². The molecule has 1 aromatic heterocycles. The average molecular weight is 386 g/mol. The van der Waals surface area contributed by atoms with Crippen LogP contribution in [0.3, 0.4) is 0 Å². The summed E-state index contributed by atoms with van der Waals surface area (Å²) in [6.07, 6.45) is 4.65. The number of aromatic nitrogens is 1. The monoisotopic (exact) mass is 385 g/mol. The summed E-state index contributed by atoms with van der Waals surface area (Å²) in [4.78, 5) is 30.9. The first kappa shape index (κ1) is 21.7. The number of aryl methyl sites for hydroxylation is 1. The molecular formula is C22H31N3O3. The van der Waals surface area contributed by atoms with E-state index in [-0.39, 0.29) is 36.1 Å². The third-order valence-corrected chi connectivity index (χ3v) is 4.41. The molecule has 0 bridgehead atoms. The summed E-state index contributed by atoms with van der Waals surface area (Å²) >= 11 is 0. The van der Waals surface area contributed by atoms with Crippen LogP contribution in [0.4, 0.5) is 0 Å². The van der Waals surface area contributed by atoms with Gasteiger partial charge in [0, 0.05) is 17.6 Å². The van der Waals surface area contributed by atoms with Crippen molar-refractivity contribution in [2.75, 3.05) is 0 Å². The van der Waals surface area contributed by atoms with Gasteiger partial charge >= 0.3 is 0 Å². The van der Waals surface area contributed by atoms with Gasteiger partial charge in [0.15, 0.2) is 5.69 Å². The number of nitrogens with zero attached hydrogens (tertiary/aromatic N) is 2. The Labute approximate surface area is 167 Å². The van der Waals surface area contributed by atoms with E-state index in [0.29, 0.717) is 11.5 Å². The molecule has 0 spiro atoms. The van der Waals surface area contributed by atoms with Crippen LogP contribution in [0.15, 0.2) is 34.9 Å². The van der Waals surface area contributed by atoms with E-state index in [1.165, 1.54) is 11.8 Å². The molecule has 2 rings (SSSR count). The summed E-state index contributed by atoms with van der Waals surface area (Å²) < 4.78 is 5.43. The molecule has 2 aromatic rings. The van der Waals surface area contributed by atoms with Gasteiger partial charge in [-0.15, -0.1) is 0 Å². The lowest BCUT2D eigenvalue weighted by Crippen LogP contribution is -2.36. The lowest BCUT2D eigenvalue weighted by Gasteiger charge is -2.25. The minimum absolute atomic E-state index is 0.0155. The number of rotatable bonds is 9. The average Bonchev–Trinajstić information content (AvgIpc) is 3.12. The van der Waals surface area contributed by atoms with Gasteiger partial charge in [-0.25, -0.2) is 4.98 Å². The Bertz CT molecular complexity index is 779. The standard InChI is InChI=1S/C22H31N3O3/c1-6-7-8-17-9-11-18(12-10-17)22(27)25(16(4)5)13-20-24-19(14-28-20)21(26)23-15(2)3/h9-12,14-16H,6-8,13H2,1-5H3,(H,23,26). The zero-order valence-electron chi connectivity index (χ0n) is 17.5. The van der Waals surface area contributed by atoms with Gasteiger partial charge in [0.25, 0.3) is 11.8 Å². The van der Waals surface area contributed by atoms with E-state index < -0.39 is 0 Å². The summed E-state index contributed by atoms with van der Waals surface area (Å²) in [5.41, 5.74) is 2.10. The van der Waals surface area contributed by atoms with Gasteiger partial charge in [0.2, 0.25) is 5.89 Å². The lowest BCUT2D eigenvalue weighted by atomic mass is 10.1. The van der Waals surface area contributed by atoms with Crippen LogP contribution in [-0.2, 0) is 13.0 Å². The number of carbonyl (C=O) groups excluding carboxylic acids is 2. The Kier molecular flexibility index (Phi) is 7.79. The van der Waals surface area contributed by atoms with Crippen LogP contribution >= 0.6 is 0 Å². The van der Waals surface area contributed by atoms with Gasteiger partial charge in [0.1, 0.15) is 6.26 Å². The van der Waals surface area contributed by atoms with Crippen LogP contribution in [-0.4, -0.2) is 33.8 Å². The maximum absolute atomic E-state index is 13.0. The van der Waals surface area contributed by atoms with Gasteiger partial charge in [0.05, 0.1) is 6.54 Å². The molecule has 0 aliphatic carbocycles. The number of amides is 2. The highest BCUT2D eigenvalue weighted by Crippen LogP contribution is 2.15. The zero-order chi connectivity index (χ0) is 20.7. The Morgan fingerprint density at radius 2 is 1.82 bits per heavy atom. The van der Waals surface area contributed by atoms with E-state index in [1.54, 1.807) is 4.90 Å². The highest BCUT2D eigenvalue weighted by atomic mass is 16.3. The van der Waals surface area contributed by atoms with Crippen molar-refractivity contribution in [2.45, 2.75) is 72.5 Å². The van der Waals surface area contributed by atoms with Crippen molar-refractivity contribution in [3.63, 3.8) is 0 Å². The molecule has 1 aromatic carbocycles. The minimum Gasteiger partial charge on any atom is -0.446 e. The summed E-state index contributed by atoms with van der Waals surface area (Å²) in [5, 5.41) is 2.77. The molecule has 1 N–H and O–H groups in total. The van der Waals surface area contributed by atoms with Gasteiger partial charge in [-0.05, 0) is 58.2 Å². The van der Waals surface area contributed by atoms with Gasteiger partial charge in [-0.1, -0.05) is 25.5 Å². The van der Waals surface area contributed by atoms with E-state index in [0.717, 1.165) is 19.3 Å². The first-order chi connectivity index (χ1) is 13.3. The Morgan fingerprint density at radius 3 is 2.39 bits per heavy atom. The summed E-state index contributed by atoms with van der Waals surface area (Å²) in [6.45, 7) is 10.0. The molecule has 152 valence electrons. The Balaban J connectivity index is 2.09. The van der Waals surface area contributed by atoms with E-state index in [1.807, 2.05) is 52.0 Å². The molecule has 0 saturated heterocycles. The van der Waals surface area contributed by atoms with Gasteiger partial charge in [-0.3, -0.25) is 9.59 Å². The fourth-order valence-corrected chi connectivity index (χ4v) is 2.82. The molecule has 0 saturated carbocycles. The largest absolute Gasteiger partial charge is 0.446 e. The van der Waals surface area contributed by atoms with Gasteiger partial charge < -0.3 is 14.6 Å². The lowest BCUT2D eigenvalue weighted by molar-refractivity contribution is 0.0672. The second-order valence-electron chi connectivity index (χ2n) is 7.58. The highest BCUT2D eigenvalue weighted by Gasteiger charge is 2.22. The quantitative estimate of drug-likeness (QED) is 0.702. The third-order valence-electron chi connectivity index (χ3n) is 4.41. The van der Waals surface area contributed by atoms with Crippen molar-refractivity contribution in [3.8, 4) is 0 Å². The number of carbonyl (C=O) groups is 2. The molecule has 0 fully saturated rings. The molecule has 0 unspecified atom stereocenters. The van der Waals surface area contributed by atoms with Crippen LogP contribution in [0, 0.1) is 0 Å². The van der Waals surface area contributed by atoms with Crippen LogP contribution in [0.25, 0.3) is 0 Å². The first-order valence-electron chi connectivity index (χ1n) is 9.97. The van der Waals surface area contributed by atoms with Crippen molar-refractivity contribution < 1.29 is 14.0 Å². The molecule has 6 nitrogen and oxygen atoms in total. The molecule has 0 atom stereocenters. The SMILES string of the molecule is CCCCc1ccc(C(=O)N(Cc2nc(C(=O)NC(C)C)co2)C(C)C)cc1. The second kappa shape index (κ2) is 10.1. The molecular weight excluding hydrogens is 354 g/mol. The molecule has 1 heterocycles.